The average molecular weight is 163 g/mol. The lowest BCUT2D eigenvalue weighted by Crippen LogP contribution is -2.06. The second-order valence-electron chi connectivity index (χ2n) is 1.85. The fraction of sp³-hybridized carbons (Fsp3) is 0.667. The number of rotatable bonds is 2. The van der Waals surface area contributed by atoms with Crippen molar-refractivity contribution in [3.8, 4) is 11.8 Å². The molecule has 0 aliphatic rings. The Hall–Kier alpha value is 0.0269. The highest BCUT2D eigenvalue weighted by Gasteiger charge is 1.89. The van der Waals surface area contributed by atoms with Crippen LogP contribution in [0.15, 0.2) is 0 Å². The summed E-state index contributed by atoms with van der Waals surface area (Å²) >= 11 is 5.30. The predicted molar refractivity (Wildman–Crippen MR) is 43.3 cm³/mol. The SMILES string of the molecule is C[SiH](C)OCC#CCCl. The Labute approximate surface area is 63.1 Å². The largest absolute Gasteiger partial charge is 0.410 e. The molecule has 9 heavy (non-hydrogen) atoms. The monoisotopic (exact) mass is 162 g/mol. The molecule has 0 saturated heterocycles. The van der Waals surface area contributed by atoms with E-state index in [-0.39, 0.29) is 0 Å². The summed E-state index contributed by atoms with van der Waals surface area (Å²) in [6.07, 6.45) is 0. The second kappa shape index (κ2) is 6.15. The van der Waals surface area contributed by atoms with Crippen LogP contribution in [0.4, 0.5) is 0 Å². The molecular formula is C6H11ClOSi. The van der Waals surface area contributed by atoms with Gasteiger partial charge >= 0.3 is 0 Å². The summed E-state index contributed by atoms with van der Waals surface area (Å²) in [6, 6.07) is 0. The summed E-state index contributed by atoms with van der Waals surface area (Å²) in [6.45, 7) is 4.78. The molecule has 0 spiro atoms. The van der Waals surface area contributed by atoms with Gasteiger partial charge in [0.1, 0.15) is 0 Å². The van der Waals surface area contributed by atoms with Crippen LogP contribution in [0, 0.1) is 11.8 Å². The maximum Gasteiger partial charge on any atom is 0.172 e. The van der Waals surface area contributed by atoms with E-state index < -0.39 is 9.04 Å². The van der Waals surface area contributed by atoms with Crippen LogP contribution in [0.1, 0.15) is 0 Å². The van der Waals surface area contributed by atoms with Crippen molar-refractivity contribution >= 4 is 20.6 Å². The molecule has 3 heteroatoms. The third kappa shape index (κ3) is 8.03. The lowest BCUT2D eigenvalue weighted by atomic mass is 10.6. The molecule has 0 N–H and O–H groups in total. The Morgan fingerprint density at radius 2 is 2.11 bits per heavy atom. The van der Waals surface area contributed by atoms with E-state index in [4.69, 9.17) is 16.0 Å². The van der Waals surface area contributed by atoms with Crippen molar-refractivity contribution in [2.24, 2.45) is 0 Å². The van der Waals surface area contributed by atoms with Gasteiger partial charge in [0.2, 0.25) is 0 Å². The molecule has 0 heterocycles. The van der Waals surface area contributed by atoms with E-state index in [1.165, 1.54) is 0 Å². The van der Waals surface area contributed by atoms with E-state index >= 15 is 0 Å². The maximum absolute atomic E-state index is 5.30. The van der Waals surface area contributed by atoms with E-state index in [2.05, 4.69) is 24.9 Å². The second-order valence-corrected chi connectivity index (χ2v) is 4.55. The lowest BCUT2D eigenvalue weighted by molar-refractivity contribution is 0.382. The number of alkyl halides is 1. The zero-order valence-electron chi connectivity index (χ0n) is 5.78. The summed E-state index contributed by atoms with van der Waals surface area (Å²) in [4.78, 5) is 0. The van der Waals surface area contributed by atoms with E-state index in [0.717, 1.165) is 0 Å². The first-order chi connectivity index (χ1) is 4.27. The normalized spacial score (nSPS) is 8.89. The van der Waals surface area contributed by atoms with Crippen LogP contribution in [0.3, 0.4) is 0 Å². The Morgan fingerprint density at radius 1 is 1.44 bits per heavy atom. The number of hydrogen-bond acceptors (Lipinski definition) is 1. The molecule has 0 radical (unpaired) electrons. The van der Waals surface area contributed by atoms with Crippen LogP contribution in [0.5, 0.6) is 0 Å². The van der Waals surface area contributed by atoms with Crippen LogP contribution in [0.2, 0.25) is 13.1 Å². The first-order valence-corrected chi connectivity index (χ1v) is 6.22. The molecule has 0 aliphatic carbocycles. The van der Waals surface area contributed by atoms with Crippen molar-refractivity contribution in [3.63, 3.8) is 0 Å². The number of hydrogen-bond donors (Lipinski definition) is 0. The Morgan fingerprint density at radius 3 is 2.56 bits per heavy atom. The Kier molecular flexibility index (Phi) is 6.17. The van der Waals surface area contributed by atoms with E-state index in [9.17, 15) is 0 Å². The third-order valence-corrected chi connectivity index (χ3v) is 1.65. The highest BCUT2D eigenvalue weighted by molar-refractivity contribution is 6.48. The van der Waals surface area contributed by atoms with Crippen molar-refractivity contribution in [1.29, 1.82) is 0 Å². The molecule has 0 saturated carbocycles. The van der Waals surface area contributed by atoms with Gasteiger partial charge in [0, 0.05) is 0 Å². The highest BCUT2D eigenvalue weighted by atomic mass is 35.5. The van der Waals surface area contributed by atoms with Gasteiger partial charge in [-0.25, -0.2) is 0 Å². The maximum atomic E-state index is 5.30. The van der Waals surface area contributed by atoms with Crippen molar-refractivity contribution in [3.05, 3.63) is 0 Å². The van der Waals surface area contributed by atoms with Gasteiger partial charge < -0.3 is 4.43 Å². The van der Waals surface area contributed by atoms with Crippen LogP contribution in [-0.4, -0.2) is 21.5 Å². The van der Waals surface area contributed by atoms with Gasteiger partial charge in [0.15, 0.2) is 9.04 Å². The van der Waals surface area contributed by atoms with Crippen LogP contribution >= 0.6 is 11.6 Å². The molecular weight excluding hydrogens is 152 g/mol. The van der Waals surface area contributed by atoms with Gasteiger partial charge in [-0.1, -0.05) is 11.8 Å². The van der Waals surface area contributed by atoms with Gasteiger partial charge in [0.25, 0.3) is 0 Å². The minimum absolute atomic E-state index is 0.406. The fourth-order valence-corrected chi connectivity index (χ4v) is 0.818. The van der Waals surface area contributed by atoms with Gasteiger partial charge in [0.05, 0.1) is 12.5 Å². The van der Waals surface area contributed by atoms with Gasteiger partial charge in [-0.15, -0.1) is 11.6 Å². The summed E-state index contributed by atoms with van der Waals surface area (Å²) in [5.74, 6) is 5.92. The summed E-state index contributed by atoms with van der Waals surface area (Å²) in [5.41, 5.74) is 0. The van der Waals surface area contributed by atoms with E-state index in [1.807, 2.05) is 0 Å². The molecule has 0 bridgehead atoms. The molecule has 52 valence electrons. The molecule has 0 amide bonds. The predicted octanol–water partition coefficient (Wildman–Crippen LogP) is 1.23. The standard InChI is InChI=1S/C6H11ClOSi/c1-9(2)8-6-4-3-5-7/h9H,5-6H2,1-2H3. The van der Waals surface area contributed by atoms with Crippen molar-refractivity contribution in [2.75, 3.05) is 12.5 Å². The topological polar surface area (TPSA) is 9.23 Å². The van der Waals surface area contributed by atoms with Crippen molar-refractivity contribution in [2.45, 2.75) is 13.1 Å². The first kappa shape index (κ1) is 9.03. The first-order valence-electron chi connectivity index (χ1n) is 2.90. The molecule has 0 rings (SSSR count). The van der Waals surface area contributed by atoms with Crippen LogP contribution in [-0.2, 0) is 4.43 Å². The third-order valence-electron chi connectivity index (χ3n) is 0.681. The Balaban J connectivity index is 3.09. The molecule has 0 aliphatic heterocycles. The average Bonchev–Trinajstić information content (AvgIpc) is 1.80. The fourth-order valence-electron chi connectivity index (χ4n) is 0.307. The van der Waals surface area contributed by atoms with Crippen molar-refractivity contribution < 1.29 is 4.43 Å². The zero-order valence-corrected chi connectivity index (χ0v) is 7.69. The van der Waals surface area contributed by atoms with Gasteiger partial charge in [-0.3, -0.25) is 0 Å². The van der Waals surface area contributed by atoms with E-state index in [1.54, 1.807) is 0 Å². The summed E-state index contributed by atoms with van der Waals surface area (Å²) in [5, 5.41) is 0. The molecule has 0 aromatic heterocycles. The minimum Gasteiger partial charge on any atom is -0.410 e. The van der Waals surface area contributed by atoms with Crippen LogP contribution < -0.4 is 0 Å². The summed E-state index contributed by atoms with van der Waals surface area (Å²) < 4.78 is 5.25. The van der Waals surface area contributed by atoms with Crippen molar-refractivity contribution in [1.82, 2.24) is 0 Å². The van der Waals surface area contributed by atoms with Gasteiger partial charge in [-0.05, 0) is 13.1 Å². The smallest absolute Gasteiger partial charge is 0.172 e. The highest BCUT2D eigenvalue weighted by Crippen LogP contribution is 1.80. The minimum atomic E-state index is -0.859. The van der Waals surface area contributed by atoms with Gasteiger partial charge in [-0.2, -0.15) is 0 Å². The van der Waals surface area contributed by atoms with Crippen LogP contribution in [0.25, 0.3) is 0 Å². The summed E-state index contributed by atoms with van der Waals surface area (Å²) in [7, 11) is -0.859. The molecule has 0 aromatic rings. The Bertz CT molecular complexity index is 114. The molecule has 0 unspecified atom stereocenters. The van der Waals surface area contributed by atoms with E-state index in [0.29, 0.717) is 12.5 Å². The molecule has 0 fully saturated rings. The molecule has 0 atom stereocenters. The lowest BCUT2D eigenvalue weighted by Gasteiger charge is -1.98. The quantitative estimate of drug-likeness (QED) is 0.337. The zero-order chi connectivity index (χ0) is 7.11. The molecule has 0 aromatic carbocycles. The number of halogens is 1. The molecule has 1 nitrogen and oxygen atoms in total.